The fraction of sp³-hybridized carbons (Fsp3) is 0.600. The molecule has 0 aliphatic carbocycles. The van der Waals surface area contributed by atoms with E-state index in [9.17, 15) is 0 Å². The SMILES string of the molecule is CC(C)CC(Br)Cc1ncc(Br)cn1. The van der Waals surface area contributed by atoms with Crippen LogP contribution in [0.3, 0.4) is 0 Å². The molecule has 4 heteroatoms. The highest BCUT2D eigenvalue weighted by atomic mass is 79.9. The molecular formula is C10H14Br2N2. The number of alkyl halides is 1. The van der Waals surface area contributed by atoms with E-state index in [2.05, 4.69) is 55.7 Å². The fourth-order valence-corrected chi connectivity index (χ4v) is 2.48. The first-order valence-electron chi connectivity index (χ1n) is 4.68. The van der Waals surface area contributed by atoms with E-state index in [0.29, 0.717) is 10.7 Å². The Hall–Kier alpha value is 0.0400. The summed E-state index contributed by atoms with van der Waals surface area (Å²) in [6.07, 6.45) is 5.62. The Kier molecular flexibility index (Phi) is 5.02. The van der Waals surface area contributed by atoms with Crippen LogP contribution in [0.1, 0.15) is 26.1 Å². The van der Waals surface area contributed by atoms with Gasteiger partial charge in [0, 0.05) is 23.6 Å². The van der Waals surface area contributed by atoms with E-state index >= 15 is 0 Å². The van der Waals surface area contributed by atoms with Crippen LogP contribution in [0.15, 0.2) is 16.9 Å². The zero-order valence-corrected chi connectivity index (χ0v) is 11.5. The van der Waals surface area contributed by atoms with Crippen molar-refractivity contribution in [3.63, 3.8) is 0 Å². The highest BCUT2D eigenvalue weighted by molar-refractivity contribution is 9.10. The average molecular weight is 322 g/mol. The molecule has 0 N–H and O–H groups in total. The van der Waals surface area contributed by atoms with Gasteiger partial charge in [-0.05, 0) is 28.3 Å². The van der Waals surface area contributed by atoms with E-state index in [4.69, 9.17) is 0 Å². The zero-order valence-electron chi connectivity index (χ0n) is 8.37. The summed E-state index contributed by atoms with van der Waals surface area (Å²) in [6.45, 7) is 4.44. The Balaban J connectivity index is 2.47. The Morgan fingerprint density at radius 1 is 1.29 bits per heavy atom. The highest BCUT2D eigenvalue weighted by Gasteiger charge is 2.09. The molecule has 1 rings (SSSR count). The second kappa shape index (κ2) is 5.81. The van der Waals surface area contributed by atoms with Crippen molar-refractivity contribution in [3.05, 3.63) is 22.7 Å². The van der Waals surface area contributed by atoms with Gasteiger partial charge in [-0.15, -0.1) is 0 Å². The van der Waals surface area contributed by atoms with Gasteiger partial charge >= 0.3 is 0 Å². The molecule has 0 aromatic carbocycles. The highest BCUT2D eigenvalue weighted by Crippen LogP contribution is 2.16. The van der Waals surface area contributed by atoms with Gasteiger partial charge in [0.2, 0.25) is 0 Å². The lowest BCUT2D eigenvalue weighted by Crippen LogP contribution is -2.09. The summed E-state index contributed by atoms with van der Waals surface area (Å²) in [7, 11) is 0. The molecule has 1 heterocycles. The summed E-state index contributed by atoms with van der Waals surface area (Å²) in [4.78, 5) is 8.95. The maximum atomic E-state index is 4.24. The van der Waals surface area contributed by atoms with E-state index in [-0.39, 0.29) is 0 Å². The minimum Gasteiger partial charge on any atom is -0.240 e. The second-order valence-electron chi connectivity index (χ2n) is 3.75. The van der Waals surface area contributed by atoms with Gasteiger partial charge in [0.05, 0.1) is 4.47 Å². The Morgan fingerprint density at radius 2 is 1.86 bits per heavy atom. The monoisotopic (exact) mass is 320 g/mol. The Labute approximate surface area is 102 Å². The lowest BCUT2D eigenvalue weighted by Gasteiger charge is -2.10. The molecule has 0 fully saturated rings. The van der Waals surface area contributed by atoms with Crippen LogP contribution in [0, 0.1) is 5.92 Å². The molecule has 78 valence electrons. The number of aromatic nitrogens is 2. The third kappa shape index (κ3) is 4.51. The lowest BCUT2D eigenvalue weighted by atomic mass is 10.1. The third-order valence-corrected chi connectivity index (χ3v) is 2.91. The number of nitrogens with zero attached hydrogens (tertiary/aromatic N) is 2. The van der Waals surface area contributed by atoms with Crippen molar-refractivity contribution in [1.29, 1.82) is 0 Å². The van der Waals surface area contributed by atoms with Gasteiger partial charge in [0.15, 0.2) is 0 Å². The number of rotatable bonds is 4. The van der Waals surface area contributed by atoms with Crippen LogP contribution in [0.2, 0.25) is 0 Å². The number of halogens is 2. The van der Waals surface area contributed by atoms with Gasteiger partial charge < -0.3 is 0 Å². The zero-order chi connectivity index (χ0) is 10.6. The standard InChI is InChI=1S/C10H14Br2N2/c1-7(2)3-8(11)4-10-13-5-9(12)6-14-10/h5-8H,3-4H2,1-2H3. The van der Waals surface area contributed by atoms with Gasteiger partial charge in [-0.2, -0.15) is 0 Å². The quantitative estimate of drug-likeness (QED) is 0.792. The normalized spacial score (nSPS) is 13.2. The molecule has 0 saturated carbocycles. The predicted molar refractivity (Wildman–Crippen MR) is 65.6 cm³/mol. The molecule has 1 aromatic rings. The summed E-state index contributed by atoms with van der Waals surface area (Å²) in [5.74, 6) is 1.60. The maximum absolute atomic E-state index is 4.24. The summed E-state index contributed by atoms with van der Waals surface area (Å²) >= 11 is 6.96. The fourth-order valence-electron chi connectivity index (χ4n) is 1.24. The molecular weight excluding hydrogens is 308 g/mol. The molecule has 0 bridgehead atoms. The van der Waals surface area contributed by atoms with Crippen LogP contribution >= 0.6 is 31.9 Å². The largest absolute Gasteiger partial charge is 0.240 e. The second-order valence-corrected chi connectivity index (χ2v) is 5.96. The van der Waals surface area contributed by atoms with Crippen molar-refractivity contribution in [2.24, 2.45) is 5.92 Å². The molecule has 2 nitrogen and oxygen atoms in total. The van der Waals surface area contributed by atoms with Gasteiger partial charge in [0.1, 0.15) is 5.82 Å². The van der Waals surface area contributed by atoms with Crippen LogP contribution in [0.25, 0.3) is 0 Å². The summed E-state index contributed by atoms with van der Waals surface area (Å²) < 4.78 is 0.927. The molecule has 0 saturated heterocycles. The summed E-state index contributed by atoms with van der Waals surface area (Å²) in [6, 6.07) is 0. The van der Waals surface area contributed by atoms with Crippen molar-refractivity contribution in [3.8, 4) is 0 Å². The minimum atomic E-state index is 0.476. The number of hydrogen-bond acceptors (Lipinski definition) is 2. The van der Waals surface area contributed by atoms with E-state index in [0.717, 1.165) is 23.1 Å². The van der Waals surface area contributed by atoms with Crippen molar-refractivity contribution >= 4 is 31.9 Å². The van der Waals surface area contributed by atoms with Crippen molar-refractivity contribution in [2.75, 3.05) is 0 Å². The molecule has 14 heavy (non-hydrogen) atoms. The molecule has 1 unspecified atom stereocenters. The van der Waals surface area contributed by atoms with E-state index in [1.807, 2.05) is 0 Å². The maximum Gasteiger partial charge on any atom is 0.129 e. The molecule has 0 aliphatic rings. The smallest absolute Gasteiger partial charge is 0.129 e. The van der Waals surface area contributed by atoms with Crippen LogP contribution in [0.4, 0.5) is 0 Å². The molecule has 1 atom stereocenters. The van der Waals surface area contributed by atoms with Crippen LogP contribution in [-0.4, -0.2) is 14.8 Å². The van der Waals surface area contributed by atoms with Gasteiger partial charge in [-0.3, -0.25) is 0 Å². The van der Waals surface area contributed by atoms with Crippen LogP contribution in [0.5, 0.6) is 0 Å². The Morgan fingerprint density at radius 3 is 2.36 bits per heavy atom. The molecule has 0 amide bonds. The third-order valence-electron chi connectivity index (χ3n) is 1.81. The molecule has 1 aromatic heterocycles. The predicted octanol–water partition coefficient (Wildman–Crippen LogP) is 3.59. The van der Waals surface area contributed by atoms with Gasteiger partial charge in [-0.25, -0.2) is 9.97 Å². The topological polar surface area (TPSA) is 25.8 Å². The van der Waals surface area contributed by atoms with Crippen LogP contribution in [-0.2, 0) is 6.42 Å². The first kappa shape index (κ1) is 12.1. The summed E-state index contributed by atoms with van der Waals surface area (Å²) in [5.41, 5.74) is 0. The Bertz CT molecular complexity index is 272. The lowest BCUT2D eigenvalue weighted by molar-refractivity contribution is 0.565. The van der Waals surface area contributed by atoms with Crippen LogP contribution < -0.4 is 0 Å². The van der Waals surface area contributed by atoms with Gasteiger partial charge in [-0.1, -0.05) is 29.8 Å². The molecule has 0 spiro atoms. The van der Waals surface area contributed by atoms with E-state index in [1.165, 1.54) is 0 Å². The van der Waals surface area contributed by atoms with Gasteiger partial charge in [0.25, 0.3) is 0 Å². The van der Waals surface area contributed by atoms with E-state index in [1.54, 1.807) is 12.4 Å². The molecule has 0 radical (unpaired) electrons. The average Bonchev–Trinajstić information content (AvgIpc) is 2.07. The molecule has 0 aliphatic heterocycles. The summed E-state index contributed by atoms with van der Waals surface area (Å²) in [5, 5.41) is 0. The minimum absolute atomic E-state index is 0.476. The first-order chi connectivity index (χ1) is 6.58. The van der Waals surface area contributed by atoms with Crippen molar-refractivity contribution in [1.82, 2.24) is 9.97 Å². The first-order valence-corrected chi connectivity index (χ1v) is 6.39. The van der Waals surface area contributed by atoms with Crippen molar-refractivity contribution < 1.29 is 0 Å². The number of hydrogen-bond donors (Lipinski definition) is 0. The van der Waals surface area contributed by atoms with E-state index < -0.39 is 0 Å². The van der Waals surface area contributed by atoms with Crippen molar-refractivity contribution in [2.45, 2.75) is 31.5 Å².